The number of rotatable bonds is 6. The Hall–Kier alpha value is -2.04. The molecule has 1 aromatic carbocycles. The Morgan fingerprint density at radius 1 is 1.26 bits per heavy atom. The summed E-state index contributed by atoms with van der Waals surface area (Å²) in [6.45, 7) is 5.27. The number of likely N-dealkylation sites (tertiary alicyclic amines) is 1. The van der Waals surface area contributed by atoms with Gasteiger partial charge in [0, 0.05) is 12.6 Å². The van der Waals surface area contributed by atoms with Gasteiger partial charge in [0.15, 0.2) is 0 Å². The quantitative estimate of drug-likeness (QED) is 0.819. The van der Waals surface area contributed by atoms with E-state index in [1.807, 2.05) is 24.0 Å². The van der Waals surface area contributed by atoms with Crippen molar-refractivity contribution in [3.63, 3.8) is 0 Å². The van der Waals surface area contributed by atoms with Gasteiger partial charge in [0.25, 0.3) is 0 Å². The second kappa shape index (κ2) is 8.56. The Morgan fingerprint density at radius 3 is 2.78 bits per heavy atom. The van der Waals surface area contributed by atoms with Crippen LogP contribution in [0, 0.1) is 0 Å². The van der Waals surface area contributed by atoms with Crippen LogP contribution in [0.2, 0.25) is 0 Å². The summed E-state index contributed by atoms with van der Waals surface area (Å²) in [4.78, 5) is 26.5. The third kappa shape index (κ3) is 4.71. The number of carbonyl (C=O) groups is 2. The summed E-state index contributed by atoms with van der Waals surface area (Å²) in [5, 5.41) is 2.79. The van der Waals surface area contributed by atoms with Crippen LogP contribution in [-0.4, -0.2) is 35.9 Å². The molecule has 1 N–H and O–H groups in total. The maximum Gasteiger partial charge on any atom is 0.233 e. The largest absolute Gasteiger partial charge is 0.492 e. The van der Waals surface area contributed by atoms with Gasteiger partial charge in [-0.05, 0) is 44.7 Å². The van der Waals surface area contributed by atoms with Crippen molar-refractivity contribution in [2.24, 2.45) is 0 Å². The van der Waals surface area contributed by atoms with E-state index in [1.165, 1.54) is 0 Å². The Labute approximate surface area is 138 Å². The van der Waals surface area contributed by atoms with Crippen LogP contribution in [0.1, 0.15) is 46.0 Å². The number of hydrogen-bond donors (Lipinski definition) is 1. The average Bonchev–Trinajstić information content (AvgIpc) is 2.56. The lowest BCUT2D eigenvalue weighted by molar-refractivity contribution is -0.137. The molecule has 2 rings (SSSR count). The van der Waals surface area contributed by atoms with E-state index in [9.17, 15) is 9.59 Å². The topological polar surface area (TPSA) is 58.6 Å². The number of ether oxygens (including phenoxy) is 1. The van der Waals surface area contributed by atoms with E-state index >= 15 is 0 Å². The standard InChI is InChI=1S/C18H26N2O3/c1-3-14-9-7-8-12-20(14)18(22)13-17(21)19-15-10-5-6-11-16(15)23-4-2/h5-6,10-11,14H,3-4,7-9,12-13H2,1-2H3,(H,19,21). The molecule has 0 aromatic heterocycles. The third-order valence-corrected chi connectivity index (χ3v) is 4.19. The fraction of sp³-hybridized carbons (Fsp3) is 0.556. The van der Waals surface area contributed by atoms with E-state index in [-0.39, 0.29) is 24.3 Å². The molecule has 1 saturated heterocycles. The minimum Gasteiger partial charge on any atom is -0.492 e. The van der Waals surface area contributed by atoms with Crippen LogP contribution in [0.4, 0.5) is 5.69 Å². The summed E-state index contributed by atoms with van der Waals surface area (Å²) >= 11 is 0. The molecule has 23 heavy (non-hydrogen) atoms. The molecule has 2 amide bonds. The first kappa shape index (κ1) is 17.3. The molecular weight excluding hydrogens is 292 g/mol. The Bertz CT molecular complexity index is 545. The highest BCUT2D eigenvalue weighted by Crippen LogP contribution is 2.24. The van der Waals surface area contributed by atoms with E-state index in [0.29, 0.717) is 18.0 Å². The summed E-state index contributed by atoms with van der Waals surface area (Å²) in [6, 6.07) is 7.55. The van der Waals surface area contributed by atoms with Gasteiger partial charge in [-0.2, -0.15) is 0 Å². The average molecular weight is 318 g/mol. The maximum atomic E-state index is 12.4. The fourth-order valence-electron chi connectivity index (χ4n) is 3.04. The van der Waals surface area contributed by atoms with Crippen molar-refractivity contribution in [1.29, 1.82) is 0 Å². The molecule has 5 heteroatoms. The molecule has 1 aliphatic heterocycles. The molecule has 0 spiro atoms. The molecule has 1 heterocycles. The zero-order valence-electron chi connectivity index (χ0n) is 14.0. The lowest BCUT2D eigenvalue weighted by Crippen LogP contribution is -2.44. The molecule has 0 bridgehead atoms. The third-order valence-electron chi connectivity index (χ3n) is 4.19. The van der Waals surface area contributed by atoms with Gasteiger partial charge in [-0.25, -0.2) is 0 Å². The van der Waals surface area contributed by atoms with Crippen LogP contribution >= 0.6 is 0 Å². The minimum absolute atomic E-state index is 0.0806. The number of nitrogens with one attached hydrogen (secondary N) is 1. The van der Waals surface area contributed by atoms with Gasteiger partial charge in [-0.15, -0.1) is 0 Å². The van der Waals surface area contributed by atoms with Crippen molar-refractivity contribution in [2.75, 3.05) is 18.5 Å². The first-order valence-corrected chi connectivity index (χ1v) is 8.46. The molecule has 0 aliphatic carbocycles. The van der Waals surface area contributed by atoms with Crippen molar-refractivity contribution in [2.45, 2.75) is 52.0 Å². The van der Waals surface area contributed by atoms with Crippen LogP contribution in [0.5, 0.6) is 5.75 Å². The van der Waals surface area contributed by atoms with Crippen molar-refractivity contribution in [1.82, 2.24) is 4.90 Å². The SMILES string of the molecule is CCOc1ccccc1NC(=O)CC(=O)N1CCCCC1CC. The highest BCUT2D eigenvalue weighted by atomic mass is 16.5. The lowest BCUT2D eigenvalue weighted by Gasteiger charge is -2.35. The molecule has 0 radical (unpaired) electrons. The monoisotopic (exact) mass is 318 g/mol. The van der Waals surface area contributed by atoms with Crippen LogP contribution < -0.4 is 10.1 Å². The Kier molecular flexibility index (Phi) is 6.44. The maximum absolute atomic E-state index is 12.4. The van der Waals surface area contributed by atoms with Crippen LogP contribution in [0.15, 0.2) is 24.3 Å². The fourth-order valence-corrected chi connectivity index (χ4v) is 3.04. The van der Waals surface area contributed by atoms with E-state index in [0.717, 1.165) is 32.2 Å². The number of para-hydroxylation sites is 2. The first-order valence-electron chi connectivity index (χ1n) is 8.46. The van der Waals surface area contributed by atoms with Crippen molar-refractivity contribution in [3.8, 4) is 5.75 Å². The number of nitrogens with zero attached hydrogens (tertiary/aromatic N) is 1. The predicted octanol–water partition coefficient (Wildman–Crippen LogP) is 3.21. The zero-order chi connectivity index (χ0) is 16.7. The summed E-state index contributed by atoms with van der Waals surface area (Å²) in [6.07, 6.45) is 4.06. The van der Waals surface area contributed by atoms with E-state index < -0.39 is 0 Å². The zero-order valence-corrected chi connectivity index (χ0v) is 14.0. The van der Waals surface area contributed by atoms with Gasteiger partial charge in [0.05, 0.1) is 12.3 Å². The second-order valence-electron chi connectivity index (χ2n) is 5.80. The summed E-state index contributed by atoms with van der Waals surface area (Å²) in [5.74, 6) is 0.255. The number of piperidine rings is 1. The van der Waals surface area contributed by atoms with Gasteiger partial charge in [-0.1, -0.05) is 19.1 Å². The lowest BCUT2D eigenvalue weighted by atomic mass is 9.99. The van der Waals surface area contributed by atoms with Gasteiger partial charge < -0.3 is 15.0 Å². The van der Waals surface area contributed by atoms with Gasteiger partial charge in [0.1, 0.15) is 12.2 Å². The highest BCUT2D eigenvalue weighted by Gasteiger charge is 2.26. The molecule has 1 aromatic rings. The summed E-state index contributed by atoms with van der Waals surface area (Å²) in [7, 11) is 0. The predicted molar refractivity (Wildman–Crippen MR) is 90.5 cm³/mol. The molecule has 1 aliphatic rings. The number of benzene rings is 1. The molecular formula is C18H26N2O3. The Balaban J connectivity index is 1.95. The molecule has 1 fully saturated rings. The smallest absolute Gasteiger partial charge is 0.233 e. The van der Waals surface area contributed by atoms with Crippen molar-refractivity contribution < 1.29 is 14.3 Å². The van der Waals surface area contributed by atoms with E-state index in [1.54, 1.807) is 12.1 Å². The van der Waals surface area contributed by atoms with E-state index in [2.05, 4.69) is 12.2 Å². The normalized spacial score (nSPS) is 17.7. The minimum atomic E-state index is -0.289. The van der Waals surface area contributed by atoms with Crippen molar-refractivity contribution in [3.05, 3.63) is 24.3 Å². The second-order valence-corrected chi connectivity index (χ2v) is 5.80. The van der Waals surface area contributed by atoms with Crippen LogP contribution in [-0.2, 0) is 9.59 Å². The first-order chi connectivity index (χ1) is 11.2. The van der Waals surface area contributed by atoms with Gasteiger partial charge in [-0.3, -0.25) is 9.59 Å². The summed E-state index contributed by atoms with van der Waals surface area (Å²) in [5.41, 5.74) is 0.609. The number of amides is 2. The molecule has 5 nitrogen and oxygen atoms in total. The van der Waals surface area contributed by atoms with E-state index in [4.69, 9.17) is 4.74 Å². The molecule has 126 valence electrons. The van der Waals surface area contributed by atoms with Crippen LogP contribution in [0.25, 0.3) is 0 Å². The number of hydrogen-bond acceptors (Lipinski definition) is 3. The number of carbonyl (C=O) groups excluding carboxylic acids is 2. The van der Waals surface area contributed by atoms with Crippen molar-refractivity contribution >= 4 is 17.5 Å². The molecule has 1 unspecified atom stereocenters. The highest BCUT2D eigenvalue weighted by molar-refractivity contribution is 6.04. The summed E-state index contributed by atoms with van der Waals surface area (Å²) < 4.78 is 5.48. The molecule has 0 saturated carbocycles. The number of anilines is 1. The van der Waals surface area contributed by atoms with Gasteiger partial charge in [0.2, 0.25) is 11.8 Å². The molecule has 1 atom stereocenters. The van der Waals surface area contributed by atoms with Gasteiger partial charge >= 0.3 is 0 Å². The van der Waals surface area contributed by atoms with Crippen LogP contribution in [0.3, 0.4) is 0 Å². The Morgan fingerprint density at radius 2 is 2.04 bits per heavy atom.